The van der Waals surface area contributed by atoms with Crippen molar-refractivity contribution in [3.63, 3.8) is 0 Å². The van der Waals surface area contributed by atoms with Gasteiger partial charge in [-0.25, -0.2) is 8.42 Å². The fourth-order valence-electron chi connectivity index (χ4n) is 4.57. The predicted molar refractivity (Wildman–Crippen MR) is 129 cm³/mol. The van der Waals surface area contributed by atoms with E-state index in [9.17, 15) is 18.0 Å². The number of carbonyl (C=O) groups is 2. The molecule has 2 heterocycles. The SMILES string of the molecule is CCC(=O)N1CCc2cc(C(=O)Nc3ccc(C)c(S(=O)(=O)N4CCCCCC4)c3)ccc21. The zero-order valence-electron chi connectivity index (χ0n) is 19.3. The third-order valence-corrected chi connectivity index (χ3v) is 8.51. The Bertz CT molecular complexity index is 1170. The molecule has 1 fully saturated rings. The Balaban J connectivity index is 1.54. The summed E-state index contributed by atoms with van der Waals surface area (Å²) in [6.07, 6.45) is 4.99. The molecule has 2 aliphatic heterocycles. The molecule has 0 saturated carbocycles. The fourth-order valence-corrected chi connectivity index (χ4v) is 6.34. The molecular weight excluding hydrogens is 438 g/mol. The molecule has 0 atom stereocenters. The van der Waals surface area contributed by atoms with E-state index in [1.807, 2.05) is 19.1 Å². The molecule has 0 aliphatic carbocycles. The number of nitrogens with zero attached hydrogens (tertiary/aromatic N) is 2. The van der Waals surface area contributed by atoms with Gasteiger partial charge in [0.25, 0.3) is 5.91 Å². The highest BCUT2D eigenvalue weighted by Gasteiger charge is 2.28. The standard InChI is InChI=1S/C25H31N3O4S/c1-3-24(29)28-15-12-19-16-20(9-11-22(19)28)25(30)26-21-10-8-18(2)23(17-21)33(31,32)27-13-6-4-5-7-14-27/h8-11,16-17H,3-7,12-15H2,1-2H3,(H,26,30). The summed E-state index contributed by atoms with van der Waals surface area (Å²) in [7, 11) is -3.62. The normalized spacial score (nSPS) is 16.8. The van der Waals surface area contributed by atoms with E-state index < -0.39 is 10.0 Å². The minimum Gasteiger partial charge on any atom is -0.322 e. The van der Waals surface area contributed by atoms with E-state index in [0.29, 0.717) is 49.3 Å². The summed E-state index contributed by atoms with van der Waals surface area (Å²) in [4.78, 5) is 27.0. The molecule has 0 unspecified atom stereocenters. The summed E-state index contributed by atoms with van der Waals surface area (Å²) in [5, 5.41) is 2.85. The van der Waals surface area contributed by atoms with Gasteiger partial charge in [0.2, 0.25) is 15.9 Å². The zero-order valence-corrected chi connectivity index (χ0v) is 20.1. The molecule has 2 aromatic rings. The Morgan fingerprint density at radius 3 is 2.39 bits per heavy atom. The van der Waals surface area contributed by atoms with E-state index >= 15 is 0 Å². The summed E-state index contributed by atoms with van der Waals surface area (Å²) < 4.78 is 28.1. The Hall–Kier alpha value is -2.71. The molecule has 0 spiro atoms. The second-order valence-corrected chi connectivity index (χ2v) is 10.7. The number of aryl methyl sites for hydroxylation is 1. The smallest absolute Gasteiger partial charge is 0.255 e. The van der Waals surface area contributed by atoms with Crippen molar-refractivity contribution in [3.05, 3.63) is 53.1 Å². The molecule has 1 N–H and O–H groups in total. The van der Waals surface area contributed by atoms with Gasteiger partial charge >= 0.3 is 0 Å². The Labute approximate surface area is 195 Å². The van der Waals surface area contributed by atoms with E-state index in [1.54, 1.807) is 40.4 Å². The first kappa shape index (κ1) is 23.4. The average molecular weight is 470 g/mol. The molecule has 2 aliphatic rings. The molecular formula is C25H31N3O4S. The van der Waals surface area contributed by atoms with E-state index in [-0.39, 0.29) is 16.7 Å². The molecule has 4 rings (SSSR count). The number of benzene rings is 2. The van der Waals surface area contributed by atoms with Crippen LogP contribution in [0.1, 0.15) is 60.5 Å². The predicted octanol–water partition coefficient (Wildman–Crippen LogP) is 4.11. The number of carbonyl (C=O) groups excluding carboxylic acids is 2. The fraction of sp³-hybridized carbons (Fsp3) is 0.440. The second-order valence-electron chi connectivity index (χ2n) is 8.75. The van der Waals surface area contributed by atoms with Gasteiger partial charge < -0.3 is 10.2 Å². The van der Waals surface area contributed by atoms with Crippen molar-refractivity contribution in [1.82, 2.24) is 4.31 Å². The van der Waals surface area contributed by atoms with Crippen LogP contribution in [0.15, 0.2) is 41.3 Å². The lowest BCUT2D eigenvalue weighted by atomic mass is 10.1. The molecule has 2 aromatic carbocycles. The van der Waals surface area contributed by atoms with Gasteiger partial charge in [0.1, 0.15) is 0 Å². The van der Waals surface area contributed by atoms with Gasteiger partial charge in [0.15, 0.2) is 0 Å². The third-order valence-electron chi connectivity index (χ3n) is 6.47. The molecule has 0 radical (unpaired) electrons. The molecule has 1 saturated heterocycles. The van der Waals surface area contributed by atoms with Crippen LogP contribution in [-0.4, -0.2) is 44.2 Å². The second kappa shape index (κ2) is 9.65. The average Bonchev–Trinajstić information content (AvgIpc) is 3.02. The van der Waals surface area contributed by atoms with Crippen LogP contribution in [-0.2, 0) is 21.2 Å². The van der Waals surface area contributed by atoms with Gasteiger partial charge in [-0.2, -0.15) is 4.31 Å². The number of nitrogens with one attached hydrogen (secondary N) is 1. The highest BCUT2D eigenvalue weighted by atomic mass is 32.2. The monoisotopic (exact) mass is 469 g/mol. The number of fused-ring (bicyclic) bond motifs is 1. The largest absolute Gasteiger partial charge is 0.322 e. The lowest BCUT2D eigenvalue weighted by Gasteiger charge is -2.21. The molecule has 8 heteroatoms. The number of anilines is 2. The lowest BCUT2D eigenvalue weighted by Crippen LogP contribution is -2.32. The molecule has 7 nitrogen and oxygen atoms in total. The van der Waals surface area contributed by atoms with Crippen molar-refractivity contribution >= 4 is 33.2 Å². The highest BCUT2D eigenvalue weighted by Crippen LogP contribution is 2.30. The summed E-state index contributed by atoms with van der Waals surface area (Å²) in [6, 6.07) is 10.4. The van der Waals surface area contributed by atoms with E-state index in [2.05, 4.69) is 5.32 Å². The maximum Gasteiger partial charge on any atom is 0.255 e. The topological polar surface area (TPSA) is 86.8 Å². The minimum atomic E-state index is -3.62. The van der Waals surface area contributed by atoms with Gasteiger partial charge in [-0.15, -0.1) is 0 Å². The quantitative estimate of drug-likeness (QED) is 0.714. The van der Waals surface area contributed by atoms with Gasteiger partial charge in [-0.3, -0.25) is 9.59 Å². The van der Waals surface area contributed by atoms with Crippen molar-refractivity contribution in [2.24, 2.45) is 0 Å². The number of hydrogen-bond donors (Lipinski definition) is 1. The first-order chi connectivity index (χ1) is 15.8. The van der Waals surface area contributed by atoms with E-state index in [1.165, 1.54) is 0 Å². The number of amides is 2. The van der Waals surface area contributed by atoms with Crippen LogP contribution in [0.5, 0.6) is 0 Å². The summed E-state index contributed by atoms with van der Waals surface area (Å²) in [6.45, 7) is 5.31. The molecule has 176 valence electrons. The molecule has 2 amide bonds. The van der Waals surface area contributed by atoms with Crippen LogP contribution in [0.4, 0.5) is 11.4 Å². The number of rotatable bonds is 5. The Morgan fingerprint density at radius 2 is 1.70 bits per heavy atom. The maximum atomic E-state index is 13.3. The van der Waals surface area contributed by atoms with Crippen LogP contribution in [0.2, 0.25) is 0 Å². The van der Waals surface area contributed by atoms with Crippen molar-refractivity contribution in [1.29, 1.82) is 0 Å². The van der Waals surface area contributed by atoms with Gasteiger partial charge in [0, 0.05) is 43.0 Å². The van der Waals surface area contributed by atoms with Crippen LogP contribution in [0.25, 0.3) is 0 Å². The lowest BCUT2D eigenvalue weighted by molar-refractivity contribution is -0.118. The van der Waals surface area contributed by atoms with Gasteiger partial charge in [-0.1, -0.05) is 25.8 Å². The van der Waals surface area contributed by atoms with E-state index in [4.69, 9.17) is 0 Å². The number of sulfonamides is 1. The van der Waals surface area contributed by atoms with Crippen molar-refractivity contribution in [3.8, 4) is 0 Å². The van der Waals surface area contributed by atoms with Crippen molar-refractivity contribution in [2.75, 3.05) is 29.9 Å². The van der Waals surface area contributed by atoms with Crippen LogP contribution >= 0.6 is 0 Å². The Kier molecular flexibility index (Phi) is 6.86. The summed E-state index contributed by atoms with van der Waals surface area (Å²) in [5.41, 5.74) is 3.42. The molecule has 0 aromatic heterocycles. The van der Waals surface area contributed by atoms with Crippen molar-refractivity contribution < 1.29 is 18.0 Å². The summed E-state index contributed by atoms with van der Waals surface area (Å²) >= 11 is 0. The van der Waals surface area contributed by atoms with Gasteiger partial charge in [0.05, 0.1) is 4.90 Å². The van der Waals surface area contributed by atoms with Crippen LogP contribution in [0.3, 0.4) is 0 Å². The minimum absolute atomic E-state index is 0.0729. The molecule has 33 heavy (non-hydrogen) atoms. The highest BCUT2D eigenvalue weighted by molar-refractivity contribution is 7.89. The van der Waals surface area contributed by atoms with Crippen LogP contribution in [0, 0.1) is 6.92 Å². The van der Waals surface area contributed by atoms with Crippen LogP contribution < -0.4 is 10.2 Å². The molecule has 0 bridgehead atoms. The third kappa shape index (κ3) is 4.82. The maximum absolute atomic E-state index is 13.3. The summed E-state index contributed by atoms with van der Waals surface area (Å²) in [5.74, 6) is -0.233. The Morgan fingerprint density at radius 1 is 0.970 bits per heavy atom. The van der Waals surface area contributed by atoms with Crippen molar-refractivity contribution in [2.45, 2.75) is 57.3 Å². The zero-order chi connectivity index (χ0) is 23.6. The van der Waals surface area contributed by atoms with Gasteiger partial charge in [-0.05, 0) is 67.6 Å². The first-order valence-corrected chi connectivity index (χ1v) is 13.1. The van der Waals surface area contributed by atoms with E-state index in [0.717, 1.165) is 36.9 Å². The number of hydrogen-bond acceptors (Lipinski definition) is 4. The first-order valence-electron chi connectivity index (χ1n) is 11.7.